The second-order valence-electron chi connectivity index (χ2n) is 13.6. The molecular weight excluding hydrogens is 540 g/mol. The van der Waals surface area contributed by atoms with Crippen molar-refractivity contribution >= 4 is 12.2 Å². The van der Waals surface area contributed by atoms with Gasteiger partial charge in [-0.15, -0.1) is 0 Å². The van der Waals surface area contributed by atoms with Crippen molar-refractivity contribution in [3.05, 3.63) is 24.3 Å². The van der Waals surface area contributed by atoms with Crippen LogP contribution < -0.4 is 0 Å². The number of nitrogens with zero attached hydrogens (tertiary/aromatic N) is 2. The molecule has 0 bridgehead atoms. The summed E-state index contributed by atoms with van der Waals surface area (Å²) in [5.74, 6) is 3.10. The van der Waals surface area contributed by atoms with Gasteiger partial charge in [-0.2, -0.15) is 0 Å². The van der Waals surface area contributed by atoms with E-state index in [0.29, 0.717) is 24.9 Å². The minimum Gasteiger partial charge on any atom is -0.211 e. The quantitative estimate of drug-likeness (QED) is 0.0351. The molecule has 1 aliphatic carbocycles. The molecule has 1 rings (SSSR count). The van der Waals surface area contributed by atoms with Crippen LogP contribution in [-0.4, -0.2) is 25.2 Å². The highest BCUT2D eigenvalue weighted by Crippen LogP contribution is 2.45. The van der Waals surface area contributed by atoms with Crippen LogP contribution in [0, 0.1) is 23.7 Å². The van der Waals surface area contributed by atoms with Gasteiger partial charge in [-0.3, -0.25) is 0 Å². The van der Waals surface area contributed by atoms with Gasteiger partial charge < -0.3 is 0 Å². The zero-order chi connectivity index (χ0) is 31.8. The number of carbonyl (C=O) groups excluding carboxylic acids is 2. The summed E-state index contributed by atoms with van der Waals surface area (Å²) in [5, 5.41) is 0. The minimum atomic E-state index is 0.647. The summed E-state index contributed by atoms with van der Waals surface area (Å²) in [6.07, 6.45) is 47.6. The van der Waals surface area contributed by atoms with E-state index in [0.717, 1.165) is 24.7 Å². The van der Waals surface area contributed by atoms with Crippen molar-refractivity contribution in [2.24, 2.45) is 33.7 Å². The summed E-state index contributed by atoms with van der Waals surface area (Å²) >= 11 is 0. The molecule has 0 N–H and O–H groups in total. The van der Waals surface area contributed by atoms with E-state index in [2.05, 4.69) is 48.1 Å². The number of allylic oxidation sites excluding steroid dienone is 4. The summed E-state index contributed by atoms with van der Waals surface area (Å²) in [6, 6.07) is 0. The van der Waals surface area contributed by atoms with Crippen molar-refractivity contribution in [3.8, 4) is 0 Å². The van der Waals surface area contributed by atoms with Crippen molar-refractivity contribution in [2.75, 3.05) is 13.1 Å². The topological polar surface area (TPSA) is 58.9 Å². The third-order valence-corrected chi connectivity index (χ3v) is 9.93. The van der Waals surface area contributed by atoms with E-state index in [9.17, 15) is 9.59 Å². The Balaban J connectivity index is 2.69. The van der Waals surface area contributed by atoms with Crippen LogP contribution in [-0.2, 0) is 9.59 Å². The maximum atomic E-state index is 10.2. The third-order valence-electron chi connectivity index (χ3n) is 9.93. The molecule has 0 aliphatic heterocycles. The second-order valence-corrected chi connectivity index (χ2v) is 13.6. The predicted molar refractivity (Wildman–Crippen MR) is 190 cm³/mol. The number of isocyanates is 2. The Labute approximate surface area is 273 Å². The van der Waals surface area contributed by atoms with Gasteiger partial charge in [0.1, 0.15) is 0 Å². The van der Waals surface area contributed by atoms with Crippen molar-refractivity contribution < 1.29 is 9.59 Å². The van der Waals surface area contributed by atoms with Crippen LogP contribution in [0.4, 0.5) is 0 Å². The number of aliphatic imine (C=N–C) groups is 2. The number of rotatable bonds is 30. The van der Waals surface area contributed by atoms with Gasteiger partial charge >= 0.3 is 0 Å². The zero-order valence-corrected chi connectivity index (χ0v) is 29.1. The fraction of sp³-hybridized carbons (Fsp3) is 0.850. The molecule has 4 nitrogen and oxygen atoms in total. The van der Waals surface area contributed by atoms with Crippen molar-refractivity contribution in [1.29, 1.82) is 0 Å². The van der Waals surface area contributed by atoms with E-state index in [4.69, 9.17) is 0 Å². The summed E-state index contributed by atoms with van der Waals surface area (Å²) in [7, 11) is 0. The highest BCUT2D eigenvalue weighted by Gasteiger charge is 2.35. The van der Waals surface area contributed by atoms with Gasteiger partial charge in [0.05, 0.1) is 13.1 Å². The van der Waals surface area contributed by atoms with E-state index in [1.54, 1.807) is 12.2 Å². The molecule has 0 amide bonds. The van der Waals surface area contributed by atoms with Crippen LogP contribution >= 0.6 is 0 Å². The number of hydrogen-bond acceptors (Lipinski definition) is 4. The lowest BCUT2D eigenvalue weighted by atomic mass is 9.63. The first kappa shape index (κ1) is 40.3. The first-order valence-corrected chi connectivity index (χ1v) is 19.2. The highest BCUT2D eigenvalue weighted by molar-refractivity contribution is 5.32. The zero-order valence-electron chi connectivity index (χ0n) is 29.1. The van der Waals surface area contributed by atoms with E-state index in [-0.39, 0.29) is 0 Å². The molecule has 1 fully saturated rings. The molecular formula is C40H70N2O2. The Morgan fingerprint density at radius 1 is 0.500 bits per heavy atom. The highest BCUT2D eigenvalue weighted by atomic mass is 16.1. The number of hydrogen-bond donors (Lipinski definition) is 0. The first-order chi connectivity index (χ1) is 21.8. The smallest absolute Gasteiger partial charge is 0.211 e. The molecule has 0 aromatic rings. The summed E-state index contributed by atoms with van der Waals surface area (Å²) in [4.78, 5) is 27.8. The van der Waals surface area contributed by atoms with Crippen LogP contribution in [0.25, 0.3) is 0 Å². The molecule has 252 valence electrons. The molecule has 1 saturated carbocycles. The Morgan fingerprint density at radius 2 is 0.864 bits per heavy atom. The van der Waals surface area contributed by atoms with E-state index >= 15 is 0 Å². The van der Waals surface area contributed by atoms with Gasteiger partial charge in [-0.25, -0.2) is 19.6 Å². The maximum Gasteiger partial charge on any atom is 0.234 e. The number of unbranched alkanes of at least 4 members (excludes halogenated alkanes) is 18. The monoisotopic (exact) mass is 611 g/mol. The Kier molecular flexibility index (Phi) is 28.6. The standard InChI is InChI=1S/C40H70N2O2/c1-3-5-7-15-23-29-39-37(27-21-17-11-9-13-19-25-33-41-35-43)31-32-38(40(39)30-24-16-8-6-4-2)28-22-18-12-10-14-20-26-34-42-36-44/h23-24,29-30,37-40H,3-22,25-28,31-34H2,1-2H3/b29-23+,30-24+. The molecule has 0 saturated heterocycles. The predicted octanol–water partition coefficient (Wildman–Crippen LogP) is 12.4. The fourth-order valence-corrected chi connectivity index (χ4v) is 7.27. The molecule has 0 heterocycles. The van der Waals surface area contributed by atoms with Crippen LogP contribution in [0.2, 0.25) is 0 Å². The second kappa shape index (κ2) is 31.2. The van der Waals surface area contributed by atoms with Crippen LogP contribution in [0.15, 0.2) is 34.3 Å². The summed E-state index contributed by atoms with van der Waals surface area (Å²) < 4.78 is 0. The third kappa shape index (κ3) is 21.9. The lowest BCUT2D eigenvalue weighted by molar-refractivity contribution is 0.137. The van der Waals surface area contributed by atoms with Crippen molar-refractivity contribution in [2.45, 2.75) is 181 Å². The minimum absolute atomic E-state index is 0.647. The molecule has 4 heteroatoms. The SMILES string of the molecule is CCCCC/C=C/C1C(CCCCCCCCCN=C=O)CCC(CCCCCCCCCN=C=O)C1/C=C/CCCCC. The Bertz CT molecular complexity index is 727. The molecule has 0 radical (unpaired) electrons. The molecule has 44 heavy (non-hydrogen) atoms. The molecule has 0 spiro atoms. The fourth-order valence-electron chi connectivity index (χ4n) is 7.27. The Morgan fingerprint density at radius 3 is 1.23 bits per heavy atom. The van der Waals surface area contributed by atoms with E-state index in [1.165, 1.54) is 154 Å². The van der Waals surface area contributed by atoms with E-state index in [1.807, 2.05) is 0 Å². The average molecular weight is 611 g/mol. The van der Waals surface area contributed by atoms with Gasteiger partial charge in [-0.1, -0.05) is 141 Å². The largest absolute Gasteiger partial charge is 0.234 e. The van der Waals surface area contributed by atoms with Gasteiger partial charge in [0.15, 0.2) is 0 Å². The van der Waals surface area contributed by atoms with E-state index < -0.39 is 0 Å². The lowest BCUT2D eigenvalue weighted by Crippen LogP contribution is -2.33. The van der Waals surface area contributed by atoms with Crippen molar-refractivity contribution in [3.63, 3.8) is 0 Å². The maximum absolute atomic E-state index is 10.2. The van der Waals surface area contributed by atoms with Crippen LogP contribution in [0.3, 0.4) is 0 Å². The van der Waals surface area contributed by atoms with Gasteiger partial charge in [0.2, 0.25) is 12.2 Å². The molecule has 0 aromatic carbocycles. The van der Waals surface area contributed by atoms with Crippen LogP contribution in [0.5, 0.6) is 0 Å². The Hall–Kier alpha value is -1.76. The average Bonchev–Trinajstić information content (AvgIpc) is 3.03. The van der Waals surface area contributed by atoms with Crippen LogP contribution in [0.1, 0.15) is 181 Å². The first-order valence-electron chi connectivity index (χ1n) is 19.2. The van der Waals surface area contributed by atoms with Gasteiger partial charge in [-0.05, 0) is 87.9 Å². The van der Waals surface area contributed by atoms with Gasteiger partial charge in [0, 0.05) is 0 Å². The molecule has 1 aliphatic rings. The van der Waals surface area contributed by atoms with Gasteiger partial charge in [0.25, 0.3) is 0 Å². The normalized spacial score (nSPS) is 20.2. The summed E-state index contributed by atoms with van der Waals surface area (Å²) in [5.41, 5.74) is 0. The molecule has 4 atom stereocenters. The lowest BCUT2D eigenvalue weighted by Gasteiger charge is -2.41. The molecule has 0 aromatic heterocycles. The summed E-state index contributed by atoms with van der Waals surface area (Å²) in [6.45, 7) is 5.90. The van der Waals surface area contributed by atoms with Crippen molar-refractivity contribution in [1.82, 2.24) is 0 Å². The molecule has 4 unspecified atom stereocenters.